The summed E-state index contributed by atoms with van der Waals surface area (Å²) in [5.74, 6) is 0. The summed E-state index contributed by atoms with van der Waals surface area (Å²) in [5.41, 5.74) is 3.71. The number of hydrogen-bond acceptors (Lipinski definition) is 3. The largest absolute Gasteiger partial charge is 0.374 e. The SMILES string of the molecule is O=c1n(CC2CN(Cc3ccccc3)CCO2)c2ccc(Cl)cc2n1-c1ccccc1. The summed E-state index contributed by atoms with van der Waals surface area (Å²) in [6, 6.07) is 25.7. The molecule has 31 heavy (non-hydrogen) atoms. The van der Waals surface area contributed by atoms with Crippen molar-refractivity contribution in [1.82, 2.24) is 14.0 Å². The van der Waals surface area contributed by atoms with Crippen molar-refractivity contribution in [2.24, 2.45) is 0 Å². The molecular formula is C25H24ClN3O2. The number of rotatable bonds is 5. The van der Waals surface area contributed by atoms with Gasteiger partial charge in [0.2, 0.25) is 0 Å². The molecule has 5 rings (SSSR count). The highest BCUT2D eigenvalue weighted by Gasteiger charge is 2.24. The Labute approximate surface area is 186 Å². The van der Waals surface area contributed by atoms with E-state index in [1.807, 2.05) is 59.2 Å². The van der Waals surface area contributed by atoms with Crippen LogP contribution in [-0.2, 0) is 17.8 Å². The molecule has 0 N–H and O–H groups in total. The minimum absolute atomic E-state index is 0.0549. The molecule has 0 aliphatic carbocycles. The topological polar surface area (TPSA) is 39.4 Å². The first-order valence-corrected chi connectivity index (χ1v) is 10.9. The zero-order valence-corrected chi connectivity index (χ0v) is 17.9. The van der Waals surface area contributed by atoms with Gasteiger partial charge in [0, 0.05) is 24.7 Å². The fourth-order valence-corrected chi connectivity index (χ4v) is 4.48. The third kappa shape index (κ3) is 4.17. The molecule has 3 aromatic carbocycles. The van der Waals surface area contributed by atoms with Crippen molar-refractivity contribution in [3.8, 4) is 5.69 Å². The Balaban J connectivity index is 1.45. The summed E-state index contributed by atoms with van der Waals surface area (Å²) in [6.45, 7) is 3.73. The predicted octanol–water partition coefficient (Wildman–Crippen LogP) is 4.35. The van der Waals surface area contributed by atoms with Crippen LogP contribution in [0, 0.1) is 0 Å². The number of benzene rings is 3. The normalized spacial score (nSPS) is 17.3. The van der Waals surface area contributed by atoms with E-state index in [-0.39, 0.29) is 11.8 Å². The van der Waals surface area contributed by atoms with E-state index in [0.29, 0.717) is 18.2 Å². The van der Waals surface area contributed by atoms with Crippen LogP contribution in [-0.4, -0.2) is 39.8 Å². The van der Waals surface area contributed by atoms with Crippen molar-refractivity contribution in [1.29, 1.82) is 0 Å². The molecule has 2 heterocycles. The molecular weight excluding hydrogens is 410 g/mol. The molecule has 0 radical (unpaired) electrons. The van der Waals surface area contributed by atoms with Crippen LogP contribution in [0.15, 0.2) is 83.7 Å². The molecule has 1 unspecified atom stereocenters. The fraction of sp³-hybridized carbons (Fsp3) is 0.240. The summed E-state index contributed by atoms with van der Waals surface area (Å²) in [4.78, 5) is 15.9. The Kier molecular flexibility index (Phi) is 5.64. The van der Waals surface area contributed by atoms with Gasteiger partial charge in [-0.1, -0.05) is 60.1 Å². The van der Waals surface area contributed by atoms with Crippen molar-refractivity contribution in [3.05, 3.63) is 99.9 Å². The van der Waals surface area contributed by atoms with Gasteiger partial charge in [0.05, 0.1) is 36.0 Å². The lowest BCUT2D eigenvalue weighted by Crippen LogP contribution is -2.44. The highest BCUT2D eigenvalue weighted by Crippen LogP contribution is 2.23. The van der Waals surface area contributed by atoms with E-state index in [4.69, 9.17) is 16.3 Å². The minimum Gasteiger partial charge on any atom is -0.374 e. The van der Waals surface area contributed by atoms with E-state index < -0.39 is 0 Å². The van der Waals surface area contributed by atoms with E-state index in [2.05, 4.69) is 29.2 Å². The maximum Gasteiger partial charge on any atom is 0.333 e. The number of nitrogens with zero attached hydrogens (tertiary/aromatic N) is 3. The first kappa shape index (κ1) is 20.1. The van der Waals surface area contributed by atoms with Crippen LogP contribution < -0.4 is 5.69 Å². The van der Waals surface area contributed by atoms with Crippen molar-refractivity contribution < 1.29 is 4.74 Å². The zero-order chi connectivity index (χ0) is 21.2. The molecule has 1 fully saturated rings. The Morgan fingerprint density at radius 2 is 1.68 bits per heavy atom. The van der Waals surface area contributed by atoms with Gasteiger partial charge in [-0.15, -0.1) is 0 Å². The van der Waals surface area contributed by atoms with E-state index in [0.717, 1.165) is 36.4 Å². The third-order valence-corrected chi connectivity index (χ3v) is 6.00. The molecule has 0 amide bonds. The lowest BCUT2D eigenvalue weighted by Gasteiger charge is -2.33. The van der Waals surface area contributed by atoms with Gasteiger partial charge in [0.25, 0.3) is 0 Å². The maximum atomic E-state index is 13.5. The quantitative estimate of drug-likeness (QED) is 0.470. The number of imidazole rings is 1. The first-order valence-electron chi connectivity index (χ1n) is 10.5. The number of para-hydroxylation sites is 1. The maximum absolute atomic E-state index is 13.5. The Hall–Kier alpha value is -2.86. The highest BCUT2D eigenvalue weighted by molar-refractivity contribution is 6.31. The fourth-order valence-electron chi connectivity index (χ4n) is 4.31. The van der Waals surface area contributed by atoms with Crippen LogP contribution in [0.2, 0.25) is 5.02 Å². The third-order valence-electron chi connectivity index (χ3n) is 5.76. The van der Waals surface area contributed by atoms with Crippen LogP contribution >= 0.6 is 11.6 Å². The van der Waals surface area contributed by atoms with Crippen LogP contribution in [0.3, 0.4) is 0 Å². The second kappa shape index (κ2) is 8.71. The van der Waals surface area contributed by atoms with Crippen LogP contribution in [0.1, 0.15) is 5.56 Å². The Bertz CT molecular complexity index is 1230. The van der Waals surface area contributed by atoms with Gasteiger partial charge in [0.15, 0.2) is 0 Å². The molecule has 1 aromatic heterocycles. The second-order valence-corrected chi connectivity index (χ2v) is 8.35. The van der Waals surface area contributed by atoms with Crippen molar-refractivity contribution >= 4 is 22.6 Å². The standard InChI is InChI=1S/C25H24ClN3O2/c26-20-11-12-23-24(15-20)29(21-9-5-2-6-10-21)25(30)28(23)18-22-17-27(13-14-31-22)16-19-7-3-1-4-8-19/h1-12,15,22H,13-14,16-18H2. The van der Waals surface area contributed by atoms with Gasteiger partial charge in [-0.2, -0.15) is 0 Å². The summed E-state index contributed by atoms with van der Waals surface area (Å²) in [5, 5.41) is 0.609. The summed E-state index contributed by atoms with van der Waals surface area (Å²) in [7, 11) is 0. The average molecular weight is 434 g/mol. The molecule has 0 spiro atoms. The van der Waals surface area contributed by atoms with E-state index in [1.54, 1.807) is 4.57 Å². The van der Waals surface area contributed by atoms with Crippen LogP contribution in [0.25, 0.3) is 16.7 Å². The number of morpholine rings is 1. The molecule has 158 valence electrons. The number of hydrogen-bond donors (Lipinski definition) is 0. The number of aromatic nitrogens is 2. The van der Waals surface area contributed by atoms with Gasteiger partial charge >= 0.3 is 5.69 Å². The van der Waals surface area contributed by atoms with Crippen molar-refractivity contribution in [2.75, 3.05) is 19.7 Å². The molecule has 1 saturated heterocycles. The van der Waals surface area contributed by atoms with Crippen LogP contribution in [0.4, 0.5) is 0 Å². The Morgan fingerprint density at radius 1 is 0.935 bits per heavy atom. The zero-order valence-electron chi connectivity index (χ0n) is 17.2. The molecule has 1 atom stereocenters. The predicted molar refractivity (Wildman–Crippen MR) is 124 cm³/mol. The van der Waals surface area contributed by atoms with Gasteiger partial charge < -0.3 is 4.74 Å². The van der Waals surface area contributed by atoms with E-state index in [1.165, 1.54) is 5.56 Å². The lowest BCUT2D eigenvalue weighted by atomic mass is 10.2. The molecule has 1 aliphatic rings. The Morgan fingerprint density at radius 3 is 2.45 bits per heavy atom. The van der Waals surface area contributed by atoms with Gasteiger partial charge in [-0.3, -0.25) is 14.0 Å². The monoisotopic (exact) mass is 433 g/mol. The summed E-state index contributed by atoms with van der Waals surface area (Å²) >= 11 is 6.27. The van der Waals surface area contributed by atoms with Crippen molar-refractivity contribution in [2.45, 2.75) is 19.2 Å². The van der Waals surface area contributed by atoms with E-state index >= 15 is 0 Å². The smallest absolute Gasteiger partial charge is 0.333 e. The summed E-state index contributed by atoms with van der Waals surface area (Å²) < 4.78 is 9.60. The molecule has 0 bridgehead atoms. The molecule has 0 saturated carbocycles. The molecule has 1 aliphatic heterocycles. The average Bonchev–Trinajstić information content (AvgIpc) is 3.06. The van der Waals surface area contributed by atoms with Gasteiger partial charge in [0.1, 0.15) is 0 Å². The van der Waals surface area contributed by atoms with Crippen molar-refractivity contribution in [3.63, 3.8) is 0 Å². The first-order chi connectivity index (χ1) is 15.2. The van der Waals surface area contributed by atoms with Gasteiger partial charge in [-0.25, -0.2) is 4.79 Å². The number of fused-ring (bicyclic) bond motifs is 1. The molecule has 4 aromatic rings. The molecule has 5 nitrogen and oxygen atoms in total. The van der Waals surface area contributed by atoms with E-state index in [9.17, 15) is 4.79 Å². The number of ether oxygens (including phenoxy) is 1. The summed E-state index contributed by atoms with van der Waals surface area (Å²) in [6.07, 6.45) is -0.0549. The second-order valence-electron chi connectivity index (χ2n) is 7.91. The highest BCUT2D eigenvalue weighted by atomic mass is 35.5. The number of halogens is 1. The minimum atomic E-state index is -0.0766. The lowest BCUT2D eigenvalue weighted by molar-refractivity contribution is -0.0387. The van der Waals surface area contributed by atoms with Crippen LogP contribution in [0.5, 0.6) is 0 Å². The van der Waals surface area contributed by atoms with Gasteiger partial charge in [-0.05, 0) is 35.9 Å². The molecule has 6 heteroatoms.